The van der Waals surface area contributed by atoms with E-state index in [1.54, 1.807) is 19.1 Å². The molecule has 34 heavy (non-hydrogen) atoms. The van der Waals surface area contributed by atoms with E-state index in [4.69, 9.17) is 9.47 Å². The summed E-state index contributed by atoms with van der Waals surface area (Å²) in [6.07, 6.45) is -3.92. The first-order valence-electron chi connectivity index (χ1n) is 11.6. The number of hydrogen-bond acceptors (Lipinski definition) is 5. The van der Waals surface area contributed by atoms with Gasteiger partial charge in [0.05, 0.1) is 11.7 Å². The Balaban J connectivity index is 1.87. The van der Waals surface area contributed by atoms with Gasteiger partial charge in [0, 0.05) is 51.6 Å². The number of alkyl halides is 3. The van der Waals surface area contributed by atoms with Gasteiger partial charge >= 0.3 is 6.18 Å². The zero-order valence-corrected chi connectivity index (χ0v) is 20.2. The molecule has 0 radical (unpaired) electrons. The molecule has 0 unspecified atom stereocenters. The molecule has 1 N–H and O–H groups in total. The monoisotopic (exact) mass is 485 g/mol. The second kappa shape index (κ2) is 10.9. The van der Waals surface area contributed by atoms with Crippen LogP contribution in [0.4, 0.5) is 18.9 Å². The lowest BCUT2D eigenvalue weighted by Crippen LogP contribution is -2.47. The lowest BCUT2D eigenvalue weighted by molar-refractivity contribution is -0.150. The number of nitrogens with one attached hydrogen (secondary N) is 1. The van der Waals surface area contributed by atoms with E-state index < -0.39 is 18.5 Å². The molecule has 1 aromatic rings. The predicted octanol–water partition coefficient (Wildman–Crippen LogP) is 3.79. The second-order valence-electron chi connectivity index (χ2n) is 9.55. The first-order chi connectivity index (χ1) is 16.0. The summed E-state index contributed by atoms with van der Waals surface area (Å²) in [5.74, 6) is -0.380. The maximum atomic E-state index is 13.2. The molecule has 190 valence electrons. The minimum atomic E-state index is -4.61. The van der Waals surface area contributed by atoms with E-state index in [9.17, 15) is 22.8 Å². The standard InChI is InChI=1S/C24H34F3N3O4/c1-15-11-30(12-17-5-6-17)16(2)14-34-20-9-18(28-22(31)10-24(25,26)27)7-8-19(20)23(32)29(3)13-21(15)33-4/h7-9,15-17,21H,5-6,10-14H2,1-4H3,(H,28,31)/t15-,16+,21-/m0/s1. The summed E-state index contributed by atoms with van der Waals surface area (Å²) in [5.41, 5.74) is 0.418. The predicted molar refractivity (Wildman–Crippen MR) is 122 cm³/mol. The average molecular weight is 486 g/mol. The van der Waals surface area contributed by atoms with Gasteiger partial charge in [-0.2, -0.15) is 13.2 Å². The molecule has 0 saturated heterocycles. The van der Waals surface area contributed by atoms with Crippen LogP contribution in [-0.2, 0) is 9.53 Å². The zero-order chi connectivity index (χ0) is 25.0. The number of nitrogens with zero attached hydrogens (tertiary/aromatic N) is 2. The number of benzene rings is 1. The van der Waals surface area contributed by atoms with Crippen LogP contribution in [0.2, 0.25) is 0 Å². The van der Waals surface area contributed by atoms with Crippen molar-refractivity contribution in [2.45, 2.75) is 51.4 Å². The Morgan fingerprint density at radius 1 is 1.24 bits per heavy atom. The highest BCUT2D eigenvalue weighted by Gasteiger charge is 2.33. The summed E-state index contributed by atoms with van der Waals surface area (Å²) < 4.78 is 49.4. The van der Waals surface area contributed by atoms with Crippen molar-refractivity contribution in [3.8, 4) is 5.75 Å². The van der Waals surface area contributed by atoms with Crippen molar-refractivity contribution < 1.29 is 32.2 Å². The molecule has 3 rings (SSSR count). The number of likely N-dealkylation sites (N-methyl/N-ethyl adjacent to an activating group) is 1. The van der Waals surface area contributed by atoms with E-state index >= 15 is 0 Å². The van der Waals surface area contributed by atoms with Crippen LogP contribution in [-0.4, -0.2) is 80.3 Å². The maximum absolute atomic E-state index is 13.2. The number of rotatable bonds is 5. The molecular weight excluding hydrogens is 451 g/mol. The van der Waals surface area contributed by atoms with Gasteiger partial charge in [0.2, 0.25) is 5.91 Å². The number of halogens is 3. The molecule has 2 amide bonds. The van der Waals surface area contributed by atoms with Gasteiger partial charge in [0.25, 0.3) is 5.91 Å². The molecule has 10 heteroatoms. The molecule has 1 saturated carbocycles. The van der Waals surface area contributed by atoms with E-state index in [2.05, 4.69) is 24.1 Å². The zero-order valence-electron chi connectivity index (χ0n) is 20.2. The van der Waals surface area contributed by atoms with Gasteiger partial charge < -0.3 is 19.7 Å². The fourth-order valence-electron chi connectivity index (χ4n) is 4.20. The molecular formula is C24H34F3N3O4. The van der Waals surface area contributed by atoms with Crippen LogP contribution in [0.5, 0.6) is 5.75 Å². The van der Waals surface area contributed by atoms with E-state index in [1.807, 2.05) is 0 Å². The van der Waals surface area contributed by atoms with Gasteiger partial charge in [0.15, 0.2) is 0 Å². The third-order valence-corrected chi connectivity index (χ3v) is 6.41. The van der Waals surface area contributed by atoms with Crippen LogP contribution in [0.1, 0.15) is 43.5 Å². The Morgan fingerprint density at radius 2 is 1.94 bits per heavy atom. The third-order valence-electron chi connectivity index (χ3n) is 6.41. The van der Waals surface area contributed by atoms with E-state index in [0.717, 1.165) is 13.1 Å². The molecule has 3 atom stereocenters. The van der Waals surface area contributed by atoms with Gasteiger partial charge in [0.1, 0.15) is 18.8 Å². The fraction of sp³-hybridized carbons (Fsp3) is 0.667. The Kier molecular flexibility index (Phi) is 8.46. The molecule has 7 nitrogen and oxygen atoms in total. The normalized spacial score (nSPS) is 25.1. The highest BCUT2D eigenvalue weighted by atomic mass is 19.4. The van der Waals surface area contributed by atoms with Gasteiger partial charge in [-0.3, -0.25) is 14.5 Å². The van der Waals surface area contributed by atoms with Crippen molar-refractivity contribution in [2.75, 3.05) is 45.7 Å². The molecule has 1 aromatic carbocycles. The number of carbonyl (C=O) groups is 2. The molecule has 0 aromatic heterocycles. The topological polar surface area (TPSA) is 71.1 Å². The molecule has 1 aliphatic carbocycles. The van der Waals surface area contributed by atoms with Crippen molar-refractivity contribution in [3.05, 3.63) is 23.8 Å². The maximum Gasteiger partial charge on any atom is 0.397 e. The SMILES string of the molecule is CO[C@H]1CN(C)C(=O)c2ccc(NC(=O)CC(F)(F)F)cc2OC[C@@H](C)N(CC2CC2)C[C@@H]1C. The number of carbonyl (C=O) groups excluding carboxylic acids is 2. The number of methoxy groups -OCH3 is 1. The van der Waals surface area contributed by atoms with Crippen molar-refractivity contribution in [2.24, 2.45) is 11.8 Å². The number of anilines is 1. The summed E-state index contributed by atoms with van der Waals surface area (Å²) in [4.78, 5) is 28.9. The summed E-state index contributed by atoms with van der Waals surface area (Å²) in [6.45, 7) is 6.61. The van der Waals surface area contributed by atoms with Crippen LogP contribution in [0.15, 0.2) is 18.2 Å². The Bertz CT molecular complexity index is 876. The van der Waals surface area contributed by atoms with E-state index in [0.29, 0.717) is 19.1 Å². The van der Waals surface area contributed by atoms with Gasteiger partial charge in [-0.05, 0) is 43.7 Å². The van der Waals surface area contributed by atoms with E-state index in [-0.39, 0.29) is 41.0 Å². The van der Waals surface area contributed by atoms with Crippen LogP contribution in [0.25, 0.3) is 0 Å². The molecule has 0 spiro atoms. The smallest absolute Gasteiger partial charge is 0.397 e. The van der Waals surface area contributed by atoms with Crippen molar-refractivity contribution >= 4 is 17.5 Å². The number of ether oxygens (including phenoxy) is 2. The second-order valence-corrected chi connectivity index (χ2v) is 9.55. The Hall–Kier alpha value is -2.33. The Labute approximate surface area is 198 Å². The van der Waals surface area contributed by atoms with Gasteiger partial charge in [-0.25, -0.2) is 0 Å². The van der Waals surface area contributed by atoms with Crippen molar-refractivity contribution in [3.63, 3.8) is 0 Å². The summed E-state index contributed by atoms with van der Waals surface area (Å²) in [6, 6.07) is 4.34. The minimum Gasteiger partial charge on any atom is -0.491 e. The molecule has 1 fully saturated rings. The lowest BCUT2D eigenvalue weighted by atomic mass is 10.0. The van der Waals surface area contributed by atoms with E-state index in [1.165, 1.54) is 31.0 Å². The molecule has 2 aliphatic rings. The fourth-order valence-corrected chi connectivity index (χ4v) is 4.20. The third kappa shape index (κ3) is 7.33. The average Bonchev–Trinajstić information content (AvgIpc) is 3.56. The summed E-state index contributed by atoms with van der Waals surface area (Å²) in [7, 11) is 3.33. The largest absolute Gasteiger partial charge is 0.491 e. The van der Waals surface area contributed by atoms with Crippen molar-refractivity contribution in [1.29, 1.82) is 0 Å². The highest BCUT2D eigenvalue weighted by molar-refractivity contribution is 5.98. The first-order valence-corrected chi connectivity index (χ1v) is 11.6. The molecule has 0 bridgehead atoms. The van der Waals surface area contributed by atoms with Gasteiger partial charge in [-0.1, -0.05) is 6.92 Å². The van der Waals surface area contributed by atoms with Crippen LogP contribution in [0.3, 0.4) is 0 Å². The minimum absolute atomic E-state index is 0.0455. The molecule has 1 aliphatic heterocycles. The number of hydrogen-bond donors (Lipinski definition) is 1. The number of amides is 2. The Morgan fingerprint density at radius 3 is 2.56 bits per heavy atom. The summed E-state index contributed by atoms with van der Waals surface area (Å²) in [5, 5.41) is 2.24. The van der Waals surface area contributed by atoms with Crippen LogP contribution in [0, 0.1) is 11.8 Å². The highest BCUT2D eigenvalue weighted by Crippen LogP contribution is 2.32. The van der Waals surface area contributed by atoms with Crippen molar-refractivity contribution in [1.82, 2.24) is 9.80 Å². The quantitative estimate of drug-likeness (QED) is 0.687. The lowest BCUT2D eigenvalue weighted by Gasteiger charge is -2.36. The summed E-state index contributed by atoms with van der Waals surface area (Å²) >= 11 is 0. The molecule has 1 heterocycles. The van der Waals surface area contributed by atoms with Gasteiger partial charge in [-0.15, -0.1) is 0 Å². The van der Waals surface area contributed by atoms with Crippen LogP contribution >= 0.6 is 0 Å². The number of fused-ring (bicyclic) bond motifs is 1. The van der Waals surface area contributed by atoms with Crippen LogP contribution < -0.4 is 10.1 Å². The first kappa shape index (κ1) is 26.3.